The first-order chi connectivity index (χ1) is 5.42. The fourth-order valence-electron chi connectivity index (χ4n) is 1.48. The minimum absolute atomic E-state index is 0.933. The molecule has 3 nitrogen and oxygen atoms in total. The molecule has 60 valence electrons. The summed E-state index contributed by atoms with van der Waals surface area (Å²) in [6.07, 6.45) is 1.96. The Bertz CT molecular complexity index is 241. The quantitative estimate of drug-likeness (QED) is 0.649. The van der Waals surface area contributed by atoms with Crippen LogP contribution in [0, 0.1) is 0 Å². The Morgan fingerprint density at radius 3 is 3.36 bits per heavy atom. The van der Waals surface area contributed by atoms with Crippen LogP contribution in [0.2, 0.25) is 0 Å². The van der Waals surface area contributed by atoms with E-state index in [9.17, 15) is 0 Å². The van der Waals surface area contributed by atoms with E-state index in [0.717, 1.165) is 37.4 Å². The summed E-state index contributed by atoms with van der Waals surface area (Å²) in [5, 5.41) is 7.31. The van der Waals surface area contributed by atoms with E-state index >= 15 is 0 Å². The van der Waals surface area contributed by atoms with Crippen LogP contribution in [0.15, 0.2) is 4.52 Å². The summed E-state index contributed by atoms with van der Waals surface area (Å²) in [4.78, 5) is 0. The highest BCUT2D eigenvalue weighted by atomic mass is 16.5. The van der Waals surface area contributed by atoms with Crippen molar-refractivity contribution in [2.24, 2.45) is 0 Å². The van der Waals surface area contributed by atoms with E-state index in [1.165, 1.54) is 5.56 Å². The van der Waals surface area contributed by atoms with Gasteiger partial charge in [0, 0.05) is 31.5 Å². The highest BCUT2D eigenvalue weighted by molar-refractivity contribution is 5.24. The summed E-state index contributed by atoms with van der Waals surface area (Å²) in [7, 11) is 0. The lowest BCUT2D eigenvalue weighted by atomic mass is 10.1. The van der Waals surface area contributed by atoms with Crippen LogP contribution < -0.4 is 5.32 Å². The van der Waals surface area contributed by atoms with Crippen LogP contribution in [0.25, 0.3) is 0 Å². The van der Waals surface area contributed by atoms with E-state index in [-0.39, 0.29) is 0 Å². The summed E-state index contributed by atoms with van der Waals surface area (Å²) in [6.45, 7) is 4.06. The maximum absolute atomic E-state index is 5.18. The largest absolute Gasteiger partial charge is 0.361 e. The molecule has 0 unspecified atom stereocenters. The zero-order chi connectivity index (χ0) is 7.68. The molecule has 3 heteroatoms. The van der Waals surface area contributed by atoms with Gasteiger partial charge >= 0.3 is 0 Å². The molecule has 0 aliphatic carbocycles. The molecule has 1 N–H and O–H groups in total. The lowest BCUT2D eigenvalue weighted by Gasteiger charge is -2.10. The minimum Gasteiger partial charge on any atom is -0.361 e. The van der Waals surface area contributed by atoms with E-state index < -0.39 is 0 Å². The van der Waals surface area contributed by atoms with Crippen LogP contribution in [0.4, 0.5) is 0 Å². The first-order valence-corrected chi connectivity index (χ1v) is 4.09. The lowest BCUT2D eigenvalue weighted by Crippen LogP contribution is -2.23. The third kappa shape index (κ3) is 1.05. The lowest BCUT2D eigenvalue weighted by molar-refractivity contribution is 0.380. The summed E-state index contributed by atoms with van der Waals surface area (Å²) >= 11 is 0. The molecule has 0 saturated carbocycles. The molecule has 0 saturated heterocycles. The molecule has 1 aromatic heterocycles. The van der Waals surface area contributed by atoms with E-state index in [1.807, 2.05) is 0 Å². The fourth-order valence-corrected chi connectivity index (χ4v) is 1.48. The van der Waals surface area contributed by atoms with Crippen molar-refractivity contribution in [3.05, 3.63) is 17.0 Å². The molecule has 0 aromatic carbocycles. The van der Waals surface area contributed by atoms with Crippen molar-refractivity contribution in [1.29, 1.82) is 0 Å². The number of hydrogen-bond donors (Lipinski definition) is 1. The molecule has 1 aliphatic heterocycles. The molecule has 0 amide bonds. The molecule has 2 rings (SSSR count). The molecule has 0 bridgehead atoms. The van der Waals surface area contributed by atoms with E-state index in [0.29, 0.717) is 0 Å². The summed E-state index contributed by atoms with van der Waals surface area (Å²) in [6, 6.07) is 0. The zero-order valence-corrected chi connectivity index (χ0v) is 6.68. The fraction of sp³-hybridized carbons (Fsp3) is 0.625. The van der Waals surface area contributed by atoms with Gasteiger partial charge in [-0.15, -0.1) is 0 Å². The van der Waals surface area contributed by atoms with Gasteiger partial charge in [-0.2, -0.15) is 0 Å². The second-order valence-electron chi connectivity index (χ2n) is 2.81. The van der Waals surface area contributed by atoms with Crippen molar-refractivity contribution in [2.75, 3.05) is 6.54 Å². The van der Waals surface area contributed by atoms with Gasteiger partial charge in [0.1, 0.15) is 5.76 Å². The van der Waals surface area contributed by atoms with Crippen LogP contribution in [0.5, 0.6) is 0 Å². The van der Waals surface area contributed by atoms with Gasteiger partial charge in [-0.3, -0.25) is 0 Å². The van der Waals surface area contributed by atoms with E-state index in [2.05, 4.69) is 17.4 Å². The van der Waals surface area contributed by atoms with Gasteiger partial charge in [0.2, 0.25) is 0 Å². The SMILES string of the molecule is CCc1onc2c1CNCC2. The van der Waals surface area contributed by atoms with Gasteiger partial charge in [0.05, 0.1) is 5.69 Å². The van der Waals surface area contributed by atoms with Crippen LogP contribution >= 0.6 is 0 Å². The second kappa shape index (κ2) is 2.66. The number of rotatable bonds is 1. The van der Waals surface area contributed by atoms with Gasteiger partial charge in [0.25, 0.3) is 0 Å². The van der Waals surface area contributed by atoms with Gasteiger partial charge < -0.3 is 9.84 Å². The second-order valence-corrected chi connectivity index (χ2v) is 2.81. The molecule has 0 spiro atoms. The summed E-state index contributed by atoms with van der Waals surface area (Å²) < 4.78 is 5.18. The molecule has 1 aromatic rings. The Kier molecular flexibility index (Phi) is 1.66. The third-order valence-corrected chi connectivity index (χ3v) is 2.11. The zero-order valence-electron chi connectivity index (χ0n) is 6.68. The molecular weight excluding hydrogens is 140 g/mol. The number of hydrogen-bond acceptors (Lipinski definition) is 3. The predicted octanol–water partition coefficient (Wildman–Crippen LogP) is 0.883. The van der Waals surface area contributed by atoms with Crippen molar-refractivity contribution in [3.63, 3.8) is 0 Å². The first kappa shape index (κ1) is 6.85. The average molecular weight is 152 g/mol. The Labute approximate surface area is 65.8 Å². The molecule has 0 atom stereocenters. The monoisotopic (exact) mass is 152 g/mol. The van der Waals surface area contributed by atoms with Crippen LogP contribution in [-0.2, 0) is 19.4 Å². The molecule has 0 radical (unpaired) electrons. The average Bonchev–Trinajstić information content (AvgIpc) is 2.47. The van der Waals surface area contributed by atoms with Crippen molar-refractivity contribution < 1.29 is 4.52 Å². The number of aryl methyl sites for hydroxylation is 1. The van der Waals surface area contributed by atoms with Gasteiger partial charge in [-0.1, -0.05) is 12.1 Å². The normalized spacial score (nSPS) is 16.5. The predicted molar refractivity (Wildman–Crippen MR) is 41.3 cm³/mol. The summed E-state index contributed by atoms with van der Waals surface area (Å²) in [5.41, 5.74) is 2.44. The van der Waals surface area contributed by atoms with Crippen LogP contribution in [-0.4, -0.2) is 11.7 Å². The maximum Gasteiger partial charge on any atom is 0.141 e. The van der Waals surface area contributed by atoms with Crippen molar-refractivity contribution >= 4 is 0 Å². The number of aromatic nitrogens is 1. The number of fused-ring (bicyclic) bond motifs is 1. The molecule has 11 heavy (non-hydrogen) atoms. The van der Waals surface area contributed by atoms with Crippen LogP contribution in [0.1, 0.15) is 23.9 Å². The molecular formula is C8H12N2O. The standard InChI is InChI=1S/C8H12N2O/c1-2-8-6-5-9-4-3-7(6)10-11-8/h9H,2-5H2,1H3. The first-order valence-electron chi connectivity index (χ1n) is 4.09. The minimum atomic E-state index is 0.933. The maximum atomic E-state index is 5.18. The number of nitrogens with zero attached hydrogens (tertiary/aromatic N) is 1. The molecule has 2 heterocycles. The van der Waals surface area contributed by atoms with E-state index in [1.54, 1.807) is 0 Å². The van der Waals surface area contributed by atoms with Gasteiger partial charge in [0.15, 0.2) is 0 Å². The van der Waals surface area contributed by atoms with Gasteiger partial charge in [-0.25, -0.2) is 0 Å². The molecule has 0 fully saturated rings. The Balaban J connectivity index is 2.38. The third-order valence-electron chi connectivity index (χ3n) is 2.11. The van der Waals surface area contributed by atoms with E-state index in [4.69, 9.17) is 4.52 Å². The summed E-state index contributed by atoms with van der Waals surface area (Å²) in [5.74, 6) is 1.05. The van der Waals surface area contributed by atoms with Gasteiger partial charge in [-0.05, 0) is 0 Å². The Hall–Kier alpha value is -0.830. The Morgan fingerprint density at radius 1 is 1.64 bits per heavy atom. The molecule has 1 aliphatic rings. The Morgan fingerprint density at radius 2 is 2.55 bits per heavy atom. The van der Waals surface area contributed by atoms with Crippen molar-refractivity contribution in [2.45, 2.75) is 26.3 Å². The smallest absolute Gasteiger partial charge is 0.141 e. The topological polar surface area (TPSA) is 38.1 Å². The van der Waals surface area contributed by atoms with Crippen molar-refractivity contribution in [1.82, 2.24) is 10.5 Å². The van der Waals surface area contributed by atoms with Crippen LogP contribution in [0.3, 0.4) is 0 Å². The highest BCUT2D eigenvalue weighted by Gasteiger charge is 2.16. The highest BCUT2D eigenvalue weighted by Crippen LogP contribution is 2.17. The number of nitrogens with one attached hydrogen (secondary N) is 1. The van der Waals surface area contributed by atoms with Crippen molar-refractivity contribution in [3.8, 4) is 0 Å².